The molecule has 0 spiro atoms. The molecule has 7 nitrogen and oxygen atoms in total. The fourth-order valence-corrected chi connectivity index (χ4v) is 3.15. The second-order valence-corrected chi connectivity index (χ2v) is 6.29. The molecular formula is C21H17N3O4. The zero-order valence-electron chi connectivity index (χ0n) is 14.8. The predicted octanol–water partition coefficient (Wildman–Crippen LogP) is 3.28. The van der Waals surface area contributed by atoms with E-state index in [9.17, 15) is 14.4 Å². The number of para-hydroxylation sites is 3. The number of anilines is 3. The van der Waals surface area contributed by atoms with Gasteiger partial charge in [0.05, 0.1) is 24.1 Å². The van der Waals surface area contributed by atoms with E-state index in [1.165, 1.54) is 17.2 Å². The molecule has 1 aliphatic heterocycles. The van der Waals surface area contributed by atoms with Crippen LogP contribution in [0.15, 0.2) is 77.4 Å². The summed E-state index contributed by atoms with van der Waals surface area (Å²) in [5.74, 6) is -1.19. The first-order valence-corrected chi connectivity index (χ1v) is 8.75. The number of carbonyl (C=O) groups is 3. The number of amides is 3. The Hall–Kier alpha value is -3.87. The third-order valence-electron chi connectivity index (χ3n) is 4.42. The van der Waals surface area contributed by atoms with Gasteiger partial charge in [0.1, 0.15) is 6.04 Å². The predicted molar refractivity (Wildman–Crippen MR) is 104 cm³/mol. The van der Waals surface area contributed by atoms with Crippen molar-refractivity contribution in [1.29, 1.82) is 0 Å². The SMILES string of the molecule is O=C(CC1C(=O)Nc2ccccc2N1C(=O)c1ccco1)Nc1ccccc1. The minimum absolute atomic E-state index is 0.0953. The van der Waals surface area contributed by atoms with Gasteiger partial charge in [-0.2, -0.15) is 0 Å². The van der Waals surface area contributed by atoms with Gasteiger partial charge in [0.2, 0.25) is 11.8 Å². The molecule has 3 aromatic rings. The van der Waals surface area contributed by atoms with Crippen LogP contribution in [0.1, 0.15) is 17.0 Å². The summed E-state index contributed by atoms with van der Waals surface area (Å²) >= 11 is 0. The molecule has 7 heteroatoms. The highest BCUT2D eigenvalue weighted by Gasteiger charge is 2.39. The van der Waals surface area contributed by atoms with Crippen LogP contribution in [0.4, 0.5) is 17.1 Å². The van der Waals surface area contributed by atoms with Crippen LogP contribution in [0.5, 0.6) is 0 Å². The van der Waals surface area contributed by atoms with Gasteiger partial charge in [-0.05, 0) is 36.4 Å². The number of nitrogens with one attached hydrogen (secondary N) is 2. The van der Waals surface area contributed by atoms with E-state index in [1.54, 1.807) is 54.6 Å². The average Bonchev–Trinajstić information content (AvgIpc) is 3.24. The van der Waals surface area contributed by atoms with Crippen LogP contribution in [-0.2, 0) is 9.59 Å². The summed E-state index contributed by atoms with van der Waals surface area (Å²) in [4.78, 5) is 39.6. The average molecular weight is 375 g/mol. The first-order valence-electron chi connectivity index (χ1n) is 8.75. The Labute approximate surface area is 161 Å². The van der Waals surface area contributed by atoms with Crippen molar-refractivity contribution in [2.75, 3.05) is 15.5 Å². The number of hydrogen-bond donors (Lipinski definition) is 2. The zero-order chi connectivity index (χ0) is 19.5. The second kappa shape index (κ2) is 7.40. The molecule has 2 N–H and O–H groups in total. The molecule has 0 bridgehead atoms. The lowest BCUT2D eigenvalue weighted by Crippen LogP contribution is -2.52. The summed E-state index contributed by atoms with van der Waals surface area (Å²) in [6, 6.07) is 18.0. The highest BCUT2D eigenvalue weighted by Crippen LogP contribution is 2.34. The molecule has 1 atom stereocenters. The standard InChI is InChI=1S/C21H17N3O4/c25-19(22-14-7-2-1-3-8-14)13-17-20(26)23-15-9-4-5-10-16(15)24(17)21(27)18-11-6-12-28-18/h1-12,17H,13H2,(H,22,25)(H,23,26). The summed E-state index contributed by atoms with van der Waals surface area (Å²) in [6.07, 6.45) is 1.20. The quantitative estimate of drug-likeness (QED) is 0.732. The molecule has 1 unspecified atom stereocenters. The third-order valence-corrected chi connectivity index (χ3v) is 4.42. The molecule has 0 saturated carbocycles. The van der Waals surface area contributed by atoms with Crippen LogP contribution >= 0.6 is 0 Å². The van der Waals surface area contributed by atoms with E-state index in [4.69, 9.17) is 4.42 Å². The van der Waals surface area contributed by atoms with Crippen molar-refractivity contribution in [3.63, 3.8) is 0 Å². The van der Waals surface area contributed by atoms with Crippen molar-refractivity contribution in [3.05, 3.63) is 78.8 Å². The van der Waals surface area contributed by atoms with Crippen molar-refractivity contribution < 1.29 is 18.8 Å². The third kappa shape index (κ3) is 3.37. The van der Waals surface area contributed by atoms with Crippen molar-refractivity contribution in [3.8, 4) is 0 Å². The molecule has 1 aromatic heterocycles. The van der Waals surface area contributed by atoms with E-state index in [-0.39, 0.29) is 18.1 Å². The first kappa shape index (κ1) is 17.5. The van der Waals surface area contributed by atoms with Crippen LogP contribution in [0.3, 0.4) is 0 Å². The lowest BCUT2D eigenvalue weighted by Gasteiger charge is -2.35. The molecule has 0 aliphatic carbocycles. The fourth-order valence-electron chi connectivity index (χ4n) is 3.15. The number of rotatable bonds is 4. The highest BCUT2D eigenvalue weighted by molar-refractivity contribution is 6.17. The Bertz CT molecular complexity index is 1020. The van der Waals surface area contributed by atoms with E-state index >= 15 is 0 Å². The van der Waals surface area contributed by atoms with Crippen molar-refractivity contribution in [2.45, 2.75) is 12.5 Å². The number of furan rings is 1. The van der Waals surface area contributed by atoms with Crippen LogP contribution < -0.4 is 15.5 Å². The van der Waals surface area contributed by atoms with E-state index in [0.717, 1.165) is 0 Å². The van der Waals surface area contributed by atoms with Crippen LogP contribution in [0, 0.1) is 0 Å². The molecule has 2 aromatic carbocycles. The van der Waals surface area contributed by atoms with Gasteiger partial charge in [0.15, 0.2) is 5.76 Å². The molecule has 1 aliphatic rings. The van der Waals surface area contributed by atoms with Gasteiger partial charge in [0, 0.05) is 5.69 Å². The minimum Gasteiger partial charge on any atom is -0.459 e. The van der Waals surface area contributed by atoms with Gasteiger partial charge < -0.3 is 15.1 Å². The molecule has 2 heterocycles. The normalized spacial score (nSPS) is 15.5. The van der Waals surface area contributed by atoms with Crippen LogP contribution in [0.25, 0.3) is 0 Å². The first-order chi connectivity index (χ1) is 13.6. The van der Waals surface area contributed by atoms with E-state index in [0.29, 0.717) is 17.1 Å². The Kier molecular flexibility index (Phi) is 4.63. The maximum Gasteiger partial charge on any atom is 0.294 e. The molecule has 0 radical (unpaired) electrons. The van der Waals surface area contributed by atoms with E-state index in [1.807, 2.05) is 6.07 Å². The number of nitrogens with zero attached hydrogens (tertiary/aromatic N) is 1. The number of hydrogen-bond acceptors (Lipinski definition) is 4. The Balaban J connectivity index is 1.64. The Morgan fingerprint density at radius 2 is 1.75 bits per heavy atom. The van der Waals surface area contributed by atoms with Gasteiger partial charge in [0.25, 0.3) is 5.91 Å². The van der Waals surface area contributed by atoms with Gasteiger partial charge >= 0.3 is 0 Å². The second-order valence-electron chi connectivity index (χ2n) is 6.29. The molecule has 0 saturated heterocycles. The zero-order valence-corrected chi connectivity index (χ0v) is 14.8. The summed E-state index contributed by atoms with van der Waals surface area (Å²) in [5.41, 5.74) is 1.64. The van der Waals surface area contributed by atoms with Crippen molar-refractivity contribution in [2.24, 2.45) is 0 Å². The largest absolute Gasteiger partial charge is 0.459 e. The van der Waals surface area contributed by atoms with Crippen molar-refractivity contribution >= 4 is 34.8 Å². The van der Waals surface area contributed by atoms with Crippen LogP contribution in [0.2, 0.25) is 0 Å². The molecule has 3 amide bonds. The molecule has 28 heavy (non-hydrogen) atoms. The maximum absolute atomic E-state index is 13.0. The summed E-state index contributed by atoms with van der Waals surface area (Å²) in [6.45, 7) is 0. The molecule has 140 valence electrons. The number of carbonyl (C=O) groups excluding carboxylic acids is 3. The Morgan fingerprint density at radius 1 is 1.00 bits per heavy atom. The topological polar surface area (TPSA) is 91.7 Å². The maximum atomic E-state index is 13.0. The monoisotopic (exact) mass is 375 g/mol. The Morgan fingerprint density at radius 3 is 2.50 bits per heavy atom. The van der Waals surface area contributed by atoms with Crippen LogP contribution in [-0.4, -0.2) is 23.8 Å². The minimum atomic E-state index is -1.00. The lowest BCUT2D eigenvalue weighted by molar-refractivity contribution is -0.122. The fraction of sp³-hybridized carbons (Fsp3) is 0.0952. The smallest absolute Gasteiger partial charge is 0.294 e. The molecule has 4 rings (SSSR count). The van der Waals surface area contributed by atoms with Gasteiger partial charge in [-0.15, -0.1) is 0 Å². The van der Waals surface area contributed by atoms with E-state index < -0.39 is 17.9 Å². The number of benzene rings is 2. The van der Waals surface area contributed by atoms with Gasteiger partial charge in [-0.1, -0.05) is 30.3 Å². The number of fused-ring (bicyclic) bond motifs is 1. The summed E-state index contributed by atoms with van der Waals surface area (Å²) < 4.78 is 5.22. The molecular weight excluding hydrogens is 358 g/mol. The van der Waals surface area contributed by atoms with Gasteiger partial charge in [-0.25, -0.2) is 0 Å². The molecule has 0 fully saturated rings. The highest BCUT2D eigenvalue weighted by atomic mass is 16.3. The van der Waals surface area contributed by atoms with Gasteiger partial charge in [-0.3, -0.25) is 19.3 Å². The summed E-state index contributed by atoms with van der Waals surface area (Å²) in [5, 5.41) is 5.51. The van der Waals surface area contributed by atoms with Crippen molar-refractivity contribution in [1.82, 2.24) is 0 Å². The lowest BCUT2D eigenvalue weighted by atomic mass is 10.0. The summed E-state index contributed by atoms with van der Waals surface area (Å²) in [7, 11) is 0. The van der Waals surface area contributed by atoms with E-state index in [2.05, 4.69) is 10.6 Å².